The standard InChI is InChI=1S/C19H21Br2N3O2/c1-10(6-13-8-15(20)18(22)16(21)9-13)12(3)24-17-5-4-14(7-11(17)2)19(25)26-23/h4-5,7-10,24H,3,6,22-23H2,1-2H3/t10-/m1/s1. The zero-order valence-corrected chi connectivity index (χ0v) is 17.8. The van der Waals surface area contributed by atoms with Gasteiger partial charge in [-0.25, -0.2) is 4.79 Å². The summed E-state index contributed by atoms with van der Waals surface area (Å²) in [6.07, 6.45) is 0.806. The van der Waals surface area contributed by atoms with E-state index in [4.69, 9.17) is 11.6 Å². The van der Waals surface area contributed by atoms with Crippen molar-refractivity contribution < 1.29 is 9.63 Å². The third kappa shape index (κ3) is 4.87. The minimum atomic E-state index is -0.564. The largest absolute Gasteiger partial charge is 0.397 e. The van der Waals surface area contributed by atoms with Gasteiger partial charge >= 0.3 is 5.97 Å². The number of nitrogens with two attached hydrogens (primary N) is 2. The van der Waals surface area contributed by atoms with Crippen LogP contribution in [0, 0.1) is 12.8 Å². The average molecular weight is 483 g/mol. The lowest BCUT2D eigenvalue weighted by molar-refractivity contribution is 0.0503. The minimum Gasteiger partial charge on any atom is -0.397 e. The molecular formula is C19H21Br2N3O2. The van der Waals surface area contributed by atoms with Crippen LogP contribution in [0.3, 0.4) is 0 Å². The fraction of sp³-hybridized carbons (Fsp3) is 0.211. The molecule has 0 radical (unpaired) electrons. The van der Waals surface area contributed by atoms with Gasteiger partial charge < -0.3 is 15.9 Å². The molecule has 0 spiro atoms. The van der Waals surface area contributed by atoms with Gasteiger partial charge in [-0.2, -0.15) is 5.90 Å². The van der Waals surface area contributed by atoms with Gasteiger partial charge in [0, 0.05) is 20.3 Å². The van der Waals surface area contributed by atoms with Gasteiger partial charge in [0.15, 0.2) is 0 Å². The Morgan fingerprint density at radius 3 is 2.42 bits per heavy atom. The number of rotatable bonds is 6. The molecule has 7 heteroatoms. The maximum absolute atomic E-state index is 11.5. The maximum Gasteiger partial charge on any atom is 0.356 e. The normalized spacial score (nSPS) is 11.7. The van der Waals surface area contributed by atoms with E-state index >= 15 is 0 Å². The molecule has 0 bridgehead atoms. The summed E-state index contributed by atoms with van der Waals surface area (Å²) in [5, 5.41) is 3.33. The monoisotopic (exact) mass is 481 g/mol. The number of anilines is 2. The Bertz CT molecular complexity index is 830. The van der Waals surface area contributed by atoms with Crippen molar-refractivity contribution in [2.75, 3.05) is 11.1 Å². The molecule has 0 saturated carbocycles. The summed E-state index contributed by atoms with van der Waals surface area (Å²) in [4.78, 5) is 15.7. The minimum absolute atomic E-state index is 0.186. The van der Waals surface area contributed by atoms with Crippen LogP contribution in [0.2, 0.25) is 0 Å². The van der Waals surface area contributed by atoms with E-state index in [0.29, 0.717) is 11.3 Å². The van der Waals surface area contributed by atoms with Crippen molar-refractivity contribution in [3.05, 3.63) is 68.2 Å². The molecule has 2 aromatic carbocycles. The number of carbonyl (C=O) groups excluding carboxylic acids is 1. The highest BCUT2D eigenvalue weighted by atomic mass is 79.9. The van der Waals surface area contributed by atoms with Crippen LogP contribution >= 0.6 is 31.9 Å². The molecule has 5 nitrogen and oxygen atoms in total. The summed E-state index contributed by atoms with van der Waals surface area (Å²) in [5.74, 6) is 4.54. The van der Waals surface area contributed by atoms with Crippen LogP contribution < -0.4 is 16.9 Å². The number of aryl methyl sites for hydroxylation is 1. The summed E-state index contributed by atoms with van der Waals surface area (Å²) in [6.45, 7) is 8.16. The Morgan fingerprint density at radius 2 is 1.88 bits per heavy atom. The fourth-order valence-electron chi connectivity index (χ4n) is 2.53. The van der Waals surface area contributed by atoms with Crippen LogP contribution in [0.4, 0.5) is 11.4 Å². The average Bonchev–Trinajstić information content (AvgIpc) is 2.60. The van der Waals surface area contributed by atoms with E-state index in [9.17, 15) is 4.79 Å². The maximum atomic E-state index is 11.5. The molecule has 0 aliphatic heterocycles. The lowest BCUT2D eigenvalue weighted by Gasteiger charge is -2.19. The van der Waals surface area contributed by atoms with Gasteiger partial charge in [-0.05, 0) is 92.6 Å². The second-order valence-electron chi connectivity index (χ2n) is 6.16. The van der Waals surface area contributed by atoms with E-state index in [1.807, 2.05) is 25.1 Å². The Kier molecular flexibility index (Phi) is 6.86. The SMILES string of the molecule is C=C(Nc1ccc(C(=O)ON)cc1C)[C@H](C)Cc1cc(Br)c(N)c(Br)c1. The third-order valence-corrected chi connectivity index (χ3v) is 5.45. The van der Waals surface area contributed by atoms with Crippen LogP contribution in [-0.4, -0.2) is 5.97 Å². The smallest absolute Gasteiger partial charge is 0.356 e. The van der Waals surface area contributed by atoms with Gasteiger partial charge in [-0.1, -0.05) is 13.5 Å². The highest BCUT2D eigenvalue weighted by Gasteiger charge is 2.13. The quantitative estimate of drug-likeness (QED) is 0.400. The second kappa shape index (κ2) is 8.70. The Hall–Kier alpha value is -1.83. The predicted molar refractivity (Wildman–Crippen MR) is 113 cm³/mol. The van der Waals surface area contributed by atoms with Gasteiger partial charge in [0.05, 0.1) is 11.3 Å². The fourth-order valence-corrected chi connectivity index (χ4v) is 3.81. The molecule has 0 fully saturated rings. The highest BCUT2D eigenvalue weighted by Crippen LogP contribution is 2.31. The summed E-state index contributed by atoms with van der Waals surface area (Å²) in [5.41, 5.74) is 10.8. The van der Waals surface area contributed by atoms with Crippen LogP contribution in [-0.2, 0) is 11.3 Å². The molecule has 0 saturated heterocycles. The van der Waals surface area contributed by atoms with Crippen LogP contribution in [0.1, 0.15) is 28.4 Å². The van der Waals surface area contributed by atoms with Crippen molar-refractivity contribution in [2.45, 2.75) is 20.3 Å². The molecule has 2 aromatic rings. The number of benzene rings is 2. The molecule has 0 amide bonds. The number of hydrogen-bond donors (Lipinski definition) is 3. The van der Waals surface area contributed by atoms with E-state index < -0.39 is 5.97 Å². The van der Waals surface area contributed by atoms with E-state index in [1.165, 1.54) is 0 Å². The Balaban J connectivity index is 2.09. The first-order valence-corrected chi connectivity index (χ1v) is 9.52. The molecule has 0 aliphatic rings. The van der Waals surface area contributed by atoms with Gasteiger partial charge in [0.2, 0.25) is 0 Å². The van der Waals surface area contributed by atoms with Crippen LogP contribution in [0.25, 0.3) is 0 Å². The first-order valence-electron chi connectivity index (χ1n) is 7.93. The molecule has 5 N–H and O–H groups in total. The van der Waals surface area contributed by atoms with E-state index in [0.717, 1.165) is 37.9 Å². The lowest BCUT2D eigenvalue weighted by Crippen LogP contribution is -2.13. The molecule has 0 aliphatic carbocycles. The number of nitrogen functional groups attached to an aromatic ring is 1. The van der Waals surface area contributed by atoms with E-state index in [2.05, 4.69) is 55.5 Å². The zero-order valence-electron chi connectivity index (χ0n) is 14.6. The van der Waals surface area contributed by atoms with Crippen molar-refractivity contribution in [1.29, 1.82) is 0 Å². The number of allylic oxidation sites excluding steroid dienone is 1. The molecule has 1 atom stereocenters. The van der Waals surface area contributed by atoms with E-state index in [1.54, 1.807) is 12.1 Å². The van der Waals surface area contributed by atoms with Crippen molar-refractivity contribution in [1.82, 2.24) is 0 Å². The molecule has 0 unspecified atom stereocenters. The number of hydrogen-bond acceptors (Lipinski definition) is 5. The van der Waals surface area contributed by atoms with Crippen molar-refractivity contribution in [3.63, 3.8) is 0 Å². The molecule has 0 heterocycles. The van der Waals surface area contributed by atoms with Crippen molar-refractivity contribution in [3.8, 4) is 0 Å². The first-order chi connectivity index (χ1) is 12.2. The molecule has 2 rings (SSSR count). The summed E-state index contributed by atoms with van der Waals surface area (Å²) in [7, 11) is 0. The van der Waals surface area contributed by atoms with E-state index in [-0.39, 0.29) is 5.92 Å². The molecule has 0 aromatic heterocycles. The second-order valence-corrected chi connectivity index (χ2v) is 7.87. The van der Waals surface area contributed by atoms with Gasteiger partial charge in [0.25, 0.3) is 0 Å². The van der Waals surface area contributed by atoms with Crippen molar-refractivity contribution >= 4 is 49.2 Å². The first kappa shape index (κ1) is 20.5. The number of halogens is 2. The summed E-state index contributed by atoms with van der Waals surface area (Å²) < 4.78 is 1.73. The van der Waals surface area contributed by atoms with Gasteiger partial charge in [-0.3, -0.25) is 0 Å². The molecule has 138 valence electrons. The lowest BCUT2D eigenvalue weighted by atomic mass is 9.98. The summed E-state index contributed by atoms with van der Waals surface area (Å²) >= 11 is 6.94. The van der Waals surface area contributed by atoms with Crippen molar-refractivity contribution in [2.24, 2.45) is 11.8 Å². The topological polar surface area (TPSA) is 90.4 Å². The third-order valence-electron chi connectivity index (χ3n) is 4.14. The number of nitrogens with one attached hydrogen (secondary N) is 1. The predicted octanol–water partition coefficient (Wildman–Crippen LogP) is 4.94. The van der Waals surface area contributed by atoms with Crippen LogP contribution in [0.15, 0.2) is 51.6 Å². The van der Waals surface area contributed by atoms with Gasteiger partial charge in [-0.15, -0.1) is 0 Å². The Labute approximate surface area is 170 Å². The molecule has 26 heavy (non-hydrogen) atoms. The zero-order chi connectivity index (χ0) is 19.4. The highest BCUT2D eigenvalue weighted by molar-refractivity contribution is 9.11. The van der Waals surface area contributed by atoms with Gasteiger partial charge in [0.1, 0.15) is 0 Å². The van der Waals surface area contributed by atoms with Crippen LogP contribution in [0.5, 0.6) is 0 Å². The Morgan fingerprint density at radius 1 is 1.27 bits per heavy atom. The number of carbonyl (C=O) groups is 1. The summed E-state index contributed by atoms with van der Waals surface area (Å²) in [6, 6.07) is 9.24. The molecular weight excluding hydrogens is 462 g/mol.